The Morgan fingerprint density at radius 3 is 2.62 bits per heavy atom. The molecule has 3 amide bonds. The second-order valence-corrected chi connectivity index (χ2v) is 6.23. The highest BCUT2D eigenvalue weighted by Crippen LogP contribution is 2.19. The first-order chi connectivity index (χ1) is 11.5. The predicted octanol–water partition coefficient (Wildman–Crippen LogP) is 2.10. The SMILES string of the molecule is CCOc1cccc(CNC(=O)N2CCC(C(=O)N(C)C)CC2)c1. The molecule has 1 aliphatic heterocycles. The summed E-state index contributed by atoms with van der Waals surface area (Å²) < 4.78 is 5.46. The van der Waals surface area contributed by atoms with Crippen LogP contribution in [0.1, 0.15) is 25.3 Å². The molecule has 1 N–H and O–H groups in total. The second-order valence-electron chi connectivity index (χ2n) is 6.23. The van der Waals surface area contributed by atoms with E-state index < -0.39 is 0 Å². The van der Waals surface area contributed by atoms with Crippen LogP contribution in [0.5, 0.6) is 5.75 Å². The van der Waals surface area contributed by atoms with Crippen molar-refractivity contribution in [1.29, 1.82) is 0 Å². The highest BCUT2D eigenvalue weighted by molar-refractivity contribution is 5.79. The van der Waals surface area contributed by atoms with Gasteiger partial charge in [0.1, 0.15) is 5.75 Å². The monoisotopic (exact) mass is 333 g/mol. The first kappa shape index (κ1) is 18.1. The lowest BCUT2D eigenvalue weighted by molar-refractivity contribution is -0.134. The third kappa shape index (κ3) is 4.88. The van der Waals surface area contributed by atoms with E-state index in [1.165, 1.54) is 0 Å². The maximum absolute atomic E-state index is 12.3. The molecule has 1 aromatic rings. The van der Waals surface area contributed by atoms with Gasteiger partial charge in [0.2, 0.25) is 5.91 Å². The van der Waals surface area contributed by atoms with Gasteiger partial charge in [-0.1, -0.05) is 12.1 Å². The zero-order valence-corrected chi connectivity index (χ0v) is 14.7. The number of nitrogens with zero attached hydrogens (tertiary/aromatic N) is 2. The van der Waals surface area contributed by atoms with E-state index in [0.29, 0.717) is 26.2 Å². The lowest BCUT2D eigenvalue weighted by Gasteiger charge is -2.32. The summed E-state index contributed by atoms with van der Waals surface area (Å²) in [5.74, 6) is 1.00. The third-order valence-electron chi connectivity index (χ3n) is 4.23. The molecular formula is C18H27N3O3. The van der Waals surface area contributed by atoms with Crippen LogP contribution in [0.15, 0.2) is 24.3 Å². The number of piperidine rings is 1. The van der Waals surface area contributed by atoms with Crippen LogP contribution in [0.3, 0.4) is 0 Å². The number of likely N-dealkylation sites (tertiary alicyclic amines) is 1. The molecule has 0 bridgehead atoms. The first-order valence-electron chi connectivity index (χ1n) is 8.47. The molecular weight excluding hydrogens is 306 g/mol. The Morgan fingerprint density at radius 2 is 2.00 bits per heavy atom. The summed E-state index contributed by atoms with van der Waals surface area (Å²) in [4.78, 5) is 27.7. The van der Waals surface area contributed by atoms with Crippen molar-refractivity contribution in [2.75, 3.05) is 33.8 Å². The molecule has 0 saturated carbocycles. The Balaban J connectivity index is 1.79. The number of hydrogen-bond donors (Lipinski definition) is 1. The number of urea groups is 1. The smallest absolute Gasteiger partial charge is 0.317 e. The summed E-state index contributed by atoms with van der Waals surface area (Å²) in [7, 11) is 3.55. The van der Waals surface area contributed by atoms with Crippen LogP contribution in [0.2, 0.25) is 0 Å². The molecule has 6 heteroatoms. The highest BCUT2D eigenvalue weighted by Gasteiger charge is 2.27. The molecule has 24 heavy (non-hydrogen) atoms. The maximum atomic E-state index is 12.3. The van der Waals surface area contributed by atoms with Crippen LogP contribution in [0.4, 0.5) is 4.79 Å². The molecule has 2 rings (SSSR count). The summed E-state index contributed by atoms with van der Waals surface area (Å²) in [5.41, 5.74) is 1.01. The molecule has 0 atom stereocenters. The van der Waals surface area contributed by atoms with Gasteiger partial charge in [-0.05, 0) is 37.5 Å². The van der Waals surface area contributed by atoms with Crippen molar-refractivity contribution in [1.82, 2.24) is 15.1 Å². The maximum Gasteiger partial charge on any atom is 0.317 e. The van der Waals surface area contributed by atoms with Crippen LogP contribution >= 0.6 is 0 Å². The van der Waals surface area contributed by atoms with Crippen LogP contribution in [0.25, 0.3) is 0 Å². The zero-order valence-electron chi connectivity index (χ0n) is 14.7. The summed E-state index contributed by atoms with van der Waals surface area (Å²) in [6.07, 6.45) is 1.45. The Morgan fingerprint density at radius 1 is 1.29 bits per heavy atom. The van der Waals surface area contributed by atoms with Gasteiger partial charge in [0, 0.05) is 39.6 Å². The van der Waals surface area contributed by atoms with Crippen molar-refractivity contribution in [3.63, 3.8) is 0 Å². The zero-order chi connectivity index (χ0) is 17.5. The van der Waals surface area contributed by atoms with Gasteiger partial charge in [0.15, 0.2) is 0 Å². The molecule has 1 aliphatic rings. The standard InChI is InChI=1S/C18H27N3O3/c1-4-24-16-7-5-6-14(12-16)13-19-18(23)21-10-8-15(9-11-21)17(22)20(2)3/h5-7,12,15H,4,8-11,13H2,1-3H3,(H,19,23). The molecule has 0 aromatic heterocycles. The molecule has 132 valence electrons. The van der Waals surface area contributed by atoms with E-state index in [4.69, 9.17) is 4.74 Å². The van der Waals surface area contributed by atoms with E-state index in [9.17, 15) is 9.59 Å². The second kappa shape index (κ2) is 8.57. The van der Waals surface area contributed by atoms with E-state index in [0.717, 1.165) is 24.2 Å². The Hall–Kier alpha value is -2.24. The Labute approximate surface area is 143 Å². The lowest BCUT2D eigenvalue weighted by atomic mass is 9.96. The first-order valence-corrected chi connectivity index (χ1v) is 8.47. The number of rotatable bonds is 5. The van der Waals surface area contributed by atoms with Crippen molar-refractivity contribution in [2.24, 2.45) is 5.92 Å². The van der Waals surface area contributed by atoms with Gasteiger partial charge in [-0.3, -0.25) is 4.79 Å². The molecule has 0 spiro atoms. The molecule has 0 unspecified atom stereocenters. The minimum absolute atomic E-state index is 0.0342. The van der Waals surface area contributed by atoms with Crippen molar-refractivity contribution < 1.29 is 14.3 Å². The van der Waals surface area contributed by atoms with Gasteiger partial charge in [-0.25, -0.2) is 4.79 Å². The van der Waals surface area contributed by atoms with Crippen LogP contribution in [0, 0.1) is 5.92 Å². The minimum Gasteiger partial charge on any atom is -0.494 e. The number of carbonyl (C=O) groups excluding carboxylic acids is 2. The number of nitrogens with one attached hydrogen (secondary N) is 1. The van der Waals surface area contributed by atoms with E-state index in [2.05, 4.69) is 5.32 Å². The van der Waals surface area contributed by atoms with Crippen LogP contribution in [-0.4, -0.2) is 55.5 Å². The number of benzene rings is 1. The highest BCUT2D eigenvalue weighted by atomic mass is 16.5. The molecule has 1 fully saturated rings. The van der Waals surface area contributed by atoms with Gasteiger partial charge in [0.05, 0.1) is 6.61 Å². The van der Waals surface area contributed by atoms with E-state index in [1.54, 1.807) is 23.9 Å². The number of ether oxygens (including phenoxy) is 1. The topological polar surface area (TPSA) is 61.9 Å². The summed E-state index contributed by atoms with van der Waals surface area (Å²) in [6, 6.07) is 7.65. The minimum atomic E-state index is -0.0763. The fraction of sp³-hybridized carbons (Fsp3) is 0.556. The van der Waals surface area contributed by atoms with Crippen molar-refractivity contribution in [2.45, 2.75) is 26.3 Å². The fourth-order valence-corrected chi connectivity index (χ4v) is 2.90. The van der Waals surface area contributed by atoms with Crippen molar-refractivity contribution >= 4 is 11.9 Å². The molecule has 1 heterocycles. The average Bonchev–Trinajstić information content (AvgIpc) is 2.59. The van der Waals surface area contributed by atoms with Gasteiger partial charge in [-0.2, -0.15) is 0 Å². The fourth-order valence-electron chi connectivity index (χ4n) is 2.90. The van der Waals surface area contributed by atoms with E-state index in [-0.39, 0.29) is 17.9 Å². The lowest BCUT2D eigenvalue weighted by Crippen LogP contribution is -2.46. The third-order valence-corrected chi connectivity index (χ3v) is 4.23. The Kier molecular flexibility index (Phi) is 6.46. The van der Waals surface area contributed by atoms with Crippen LogP contribution in [-0.2, 0) is 11.3 Å². The number of hydrogen-bond acceptors (Lipinski definition) is 3. The average molecular weight is 333 g/mol. The van der Waals surface area contributed by atoms with Crippen molar-refractivity contribution in [3.05, 3.63) is 29.8 Å². The number of amides is 3. The summed E-state index contributed by atoms with van der Waals surface area (Å²) in [5, 5.41) is 2.94. The number of carbonyl (C=O) groups is 2. The van der Waals surface area contributed by atoms with E-state index >= 15 is 0 Å². The molecule has 6 nitrogen and oxygen atoms in total. The van der Waals surface area contributed by atoms with E-state index in [1.807, 2.05) is 31.2 Å². The quantitative estimate of drug-likeness (QED) is 0.897. The summed E-state index contributed by atoms with van der Waals surface area (Å²) >= 11 is 0. The van der Waals surface area contributed by atoms with Gasteiger partial charge in [-0.15, -0.1) is 0 Å². The molecule has 0 radical (unpaired) electrons. The normalized spacial score (nSPS) is 15.0. The summed E-state index contributed by atoms with van der Waals surface area (Å²) in [6.45, 7) is 4.27. The van der Waals surface area contributed by atoms with Crippen LogP contribution < -0.4 is 10.1 Å². The molecule has 1 aromatic carbocycles. The molecule has 1 saturated heterocycles. The predicted molar refractivity (Wildman–Crippen MR) is 92.8 cm³/mol. The molecule has 0 aliphatic carbocycles. The van der Waals surface area contributed by atoms with Gasteiger partial charge < -0.3 is 19.9 Å². The van der Waals surface area contributed by atoms with Crippen molar-refractivity contribution in [3.8, 4) is 5.75 Å². The van der Waals surface area contributed by atoms with Gasteiger partial charge in [0.25, 0.3) is 0 Å². The van der Waals surface area contributed by atoms with Gasteiger partial charge >= 0.3 is 6.03 Å². The largest absolute Gasteiger partial charge is 0.494 e. The Bertz CT molecular complexity index is 566.